The van der Waals surface area contributed by atoms with Crippen molar-refractivity contribution in [2.24, 2.45) is 5.73 Å². The van der Waals surface area contributed by atoms with Gasteiger partial charge in [0.2, 0.25) is 5.91 Å². The van der Waals surface area contributed by atoms with Crippen molar-refractivity contribution < 1.29 is 18.0 Å². The number of nitriles is 1. The number of amides is 1. The highest BCUT2D eigenvalue weighted by molar-refractivity contribution is 9.10. The lowest BCUT2D eigenvalue weighted by Crippen LogP contribution is -2.31. The van der Waals surface area contributed by atoms with E-state index in [2.05, 4.69) is 26.0 Å². The zero-order valence-electron chi connectivity index (χ0n) is 14.5. The van der Waals surface area contributed by atoms with E-state index in [1.165, 1.54) is 11.6 Å². The van der Waals surface area contributed by atoms with Crippen molar-refractivity contribution >= 4 is 32.9 Å². The number of nitrogens with two attached hydrogens (primary N) is 1. The molecule has 3 rings (SSSR count). The minimum absolute atomic E-state index is 0.0981. The lowest BCUT2D eigenvalue weighted by Gasteiger charge is -2.25. The number of carbonyl (C=O) groups excluding carboxylic acids is 1. The van der Waals surface area contributed by atoms with Gasteiger partial charge in [-0.3, -0.25) is 14.5 Å². The van der Waals surface area contributed by atoms with Crippen molar-refractivity contribution in [1.29, 1.82) is 5.26 Å². The molecule has 0 spiro atoms. The minimum Gasteiger partial charge on any atom is -0.366 e. The van der Waals surface area contributed by atoms with E-state index < -0.39 is 23.1 Å². The number of halogens is 4. The maximum absolute atomic E-state index is 13.2. The predicted molar refractivity (Wildman–Crippen MR) is 98.2 cm³/mol. The molecule has 28 heavy (non-hydrogen) atoms. The predicted octanol–water partition coefficient (Wildman–Crippen LogP) is 3.79. The van der Waals surface area contributed by atoms with Crippen LogP contribution in [0.2, 0.25) is 0 Å². The van der Waals surface area contributed by atoms with Crippen molar-refractivity contribution in [3.05, 3.63) is 57.8 Å². The van der Waals surface area contributed by atoms with Gasteiger partial charge in [-0.25, -0.2) is 0 Å². The molecule has 3 aromatic rings. The lowest BCUT2D eigenvalue weighted by molar-refractivity contribution is -0.137. The summed E-state index contributed by atoms with van der Waals surface area (Å²) in [5.41, 5.74) is 3.73. The fourth-order valence-electron chi connectivity index (χ4n) is 2.90. The Kier molecular flexibility index (Phi) is 4.89. The van der Waals surface area contributed by atoms with Gasteiger partial charge < -0.3 is 5.73 Å². The number of benzene rings is 1. The maximum Gasteiger partial charge on any atom is 0.416 e. The SMILES string of the molecule is CC(C#N)(Cn1cc2ncc(Br)cc2n1)c1cc(C(F)(F)F)ccc1C(N)=O. The van der Waals surface area contributed by atoms with Gasteiger partial charge in [0.05, 0.1) is 29.8 Å². The van der Waals surface area contributed by atoms with E-state index in [9.17, 15) is 23.2 Å². The van der Waals surface area contributed by atoms with Crippen molar-refractivity contribution in [3.8, 4) is 6.07 Å². The summed E-state index contributed by atoms with van der Waals surface area (Å²) in [6.45, 7) is 1.34. The maximum atomic E-state index is 13.2. The first kappa shape index (κ1) is 19.8. The van der Waals surface area contributed by atoms with Gasteiger partial charge in [-0.05, 0) is 52.7 Å². The Morgan fingerprint density at radius 3 is 2.64 bits per heavy atom. The third-order valence-electron chi connectivity index (χ3n) is 4.30. The summed E-state index contributed by atoms with van der Waals surface area (Å²) in [6.07, 6.45) is -1.47. The van der Waals surface area contributed by atoms with Gasteiger partial charge >= 0.3 is 6.18 Å². The highest BCUT2D eigenvalue weighted by Crippen LogP contribution is 2.35. The summed E-state index contributed by atoms with van der Waals surface area (Å²) >= 11 is 3.28. The quantitative estimate of drug-likeness (QED) is 0.652. The Labute approximate surface area is 165 Å². The Bertz CT molecular complexity index is 1120. The summed E-state index contributed by atoms with van der Waals surface area (Å²) in [7, 11) is 0. The topological polar surface area (TPSA) is 97.6 Å². The highest BCUT2D eigenvalue weighted by Gasteiger charge is 2.36. The van der Waals surface area contributed by atoms with E-state index in [0.29, 0.717) is 15.5 Å². The lowest BCUT2D eigenvalue weighted by atomic mass is 9.80. The van der Waals surface area contributed by atoms with Gasteiger partial charge in [-0.15, -0.1) is 0 Å². The zero-order chi connectivity index (χ0) is 20.7. The molecule has 2 heterocycles. The van der Waals surface area contributed by atoms with E-state index in [4.69, 9.17) is 5.73 Å². The third kappa shape index (κ3) is 3.71. The van der Waals surface area contributed by atoms with Crippen LogP contribution in [-0.4, -0.2) is 20.7 Å². The molecule has 0 radical (unpaired) electrons. The summed E-state index contributed by atoms with van der Waals surface area (Å²) in [5.74, 6) is -0.915. The molecule has 1 aromatic carbocycles. The van der Waals surface area contributed by atoms with Gasteiger partial charge in [0, 0.05) is 16.2 Å². The number of rotatable bonds is 4. The Morgan fingerprint density at radius 1 is 1.32 bits per heavy atom. The molecular weight excluding hydrogens is 439 g/mol. The Morgan fingerprint density at radius 2 is 2.04 bits per heavy atom. The van der Waals surface area contributed by atoms with Gasteiger partial charge in [0.15, 0.2) is 0 Å². The monoisotopic (exact) mass is 451 g/mol. The second kappa shape index (κ2) is 6.91. The molecule has 144 valence electrons. The van der Waals surface area contributed by atoms with Crippen molar-refractivity contribution in [2.75, 3.05) is 0 Å². The second-order valence-electron chi connectivity index (χ2n) is 6.45. The van der Waals surface area contributed by atoms with Crippen LogP contribution in [0.1, 0.15) is 28.4 Å². The molecule has 2 aromatic heterocycles. The summed E-state index contributed by atoms with van der Waals surface area (Å²) < 4.78 is 41.6. The van der Waals surface area contributed by atoms with Crippen LogP contribution in [0.15, 0.2) is 41.1 Å². The van der Waals surface area contributed by atoms with E-state index in [-0.39, 0.29) is 17.7 Å². The number of aromatic nitrogens is 3. The molecular formula is C18H13BrF3N5O. The molecule has 0 aliphatic heterocycles. The number of pyridine rings is 1. The zero-order valence-corrected chi connectivity index (χ0v) is 16.0. The smallest absolute Gasteiger partial charge is 0.366 e. The largest absolute Gasteiger partial charge is 0.416 e. The fourth-order valence-corrected chi connectivity index (χ4v) is 3.22. The van der Waals surface area contributed by atoms with Crippen LogP contribution in [0.3, 0.4) is 0 Å². The minimum atomic E-state index is -4.63. The molecule has 2 N–H and O–H groups in total. The van der Waals surface area contributed by atoms with Gasteiger partial charge in [-0.1, -0.05) is 0 Å². The number of alkyl halides is 3. The molecule has 0 saturated carbocycles. The molecule has 0 fully saturated rings. The van der Waals surface area contributed by atoms with Crippen LogP contribution in [0, 0.1) is 11.3 Å². The first-order chi connectivity index (χ1) is 13.0. The van der Waals surface area contributed by atoms with Crippen LogP contribution in [0.5, 0.6) is 0 Å². The van der Waals surface area contributed by atoms with Crippen LogP contribution in [0.25, 0.3) is 11.0 Å². The number of primary amides is 1. The van der Waals surface area contributed by atoms with Crippen molar-refractivity contribution in [1.82, 2.24) is 14.8 Å². The summed E-state index contributed by atoms with van der Waals surface area (Å²) in [5, 5.41) is 14.1. The molecule has 0 saturated heterocycles. The highest BCUT2D eigenvalue weighted by atomic mass is 79.9. The third-order valence-corrected chi connectivity index (χ3v) is 4.74. The summed E-state index contributed by atoms with van der Waals surface area (Å²) in [6, 6.07) is 6.29. The molecule has 0 bridgehead atoms. The summed E-state index contributed by atoms with van der Waals surface area (Å²) in [4.78, 5) is 16.0. The van der Waals surface area contributed by atoms with E-state index >= 15 is 0 Å². The van der Waals surface area contributed by atoms with Crippen LogP contribution < -0.4 is 5.73 Å². The molecule has 6 nitrogen and oxygen atoms in total. The second-order valence-corrected chi connectivity index (χ2v) is 7.37. The Balaban J connectivity index is 2.11. The molecule has 10 heteroatoms. The number of hydrogen-bond acceptors (Lipinski definition) is 4. The van der Waals surface area contributed by atoms with Crippen LogP contribution in [-0.2, 0) is 18.1 Å². The fraction of sp³-hybridized carbons (Fsp3) is 0.222. The van der Waals surface area contributed by atoms with Crippen molar-refractivity contribution in [3.63, 3.8) is 0 Å². The number of hydrogen-bond donors (Lipinski definition) is 1. The number of carbonyl (C=O) groups is 1. The molecule has 1 atom stereocenters. The molecule has 1 amide bonds. The first-order valence-corrected chi connectivity index (χ1v) is 8.74. The molecule has 0 aliphatic rings. The standard InChI is InChI=1S/C18H13BrF3N5O/c1-17(8-23,9-27-7-15-14(26-27)5-11(19)6-25-15)13-4-10(18(20,21)22)2-3-12(13)16(24)28/h2-7H,9H2,1H3,(H2,24,28). The van der Waals surface area contributed by atoms with E-state index in [1.54, 1.807) is 18.5 Å². The number of fused-ring (bicyclic) bond motifs is 1. The average molecular weight is 452 g/mol. The normalized spacial score (nSPS) is 13.9. The van der Waals surface area contributed by atoms with Gasteiger partial charge in [-0.2, -0.15) is 23.5 Å². The van der Waals surface area contributed by atoms with Crippen LogP contribution >= 0.6 is 15.9 Å². The van der Waals surface area contributed by atoms with Gasteiger partial charge in [0.1, 0.15) is 11.0 Å². The first-order valence-electron chi connectivity index (χ1n) is 7.95. The molecule has 0 aliphatic carbocycles. The molecule has 1 unspecified atom stereocenters. The van der Waals surface area contributed by atoms with Crippen molar-refractivity contribution in [2.45, 2.75) is 25.1 Å². The van der Waals surface area contributed by atoms with Gasteiger partial charge in [0.25, 0.3) is 0 Å². The Hall–Kier alpha value is -2.93. The average Bonchev–Trinajstić information content (AvgIpc) is 3.01. The number of nitrogens with zero attached hydrogens (tertiary/aromatic N) is 4. The van der Waals surface area contributed by atoms with Crippen LogP contribution in [0.4, 0.5) is 13.2 Å². The van der Waals surface area contributed by atoms with E-state index in [0.717, 1.165) is 18.2 Å². The van der Waals surface area contributed by atoms with E-state index in [1.807, 2.05) is 6.07 Å².